The number of hydrogen-bond acceptors (Lipinski definition) is 6. The molecule has 1 aromatic rings. The van der Waals surface area contributed by atoms with Crippen LogP contribution in [0.5, 0.6) is 0 Å². The maximum Gasteiger partial charge on any atom is 0.255 e. The van der Waals surface area contributed by atoms with E-state index in [1.54, 1.807) is 0 Å². The Hall–Kier alpha value is -2.02. The summed E-state index contributed by atoms with van der Waals surface area (Å²) in [7, 11) is 0. The molecule has 1 aliphatic heterocycles. The van der Waals surface area contributed by atoms with Crippen molar-refractivity contribution in [1.82, 2.24) is 14.9 Å². The minimum atomic E-state index is -0.355. The molecule has 1 aliphatic rings. The molecule has 19 heavy (non-hydrogen) atoms. The van der Waals surface area contributed by atoms with Crippen LogP contribution in [0.4, 0.5) is 5.82 Å². The highest BCUT2D eigenvalue weighted by molar-refractivity contribution is 5.98. The van der Waals surface area contributed by atoms with Crippen LogP contribution in [0.2, 0.25) is 0 Å². The highest BCUT2D eigenvalue weighted by atomic mass is 16.5. The van der Waals surface area contributed by atoms with Gasteiger partial charge in [0.2, 0.25) is 0 Å². The standard InChI is InChI=1S/C12H16N4O3/c1-3-13-9-4-8(2)14-10(15-9)5-16-11(17)6-19-7-12(16)18/h4H,3,5-7H2,1-2H3,(H,13,14,15). The van der Waals surface area contributed by atoms with Crippen LogP contribution in [0.15, 0.2) is 6.07 Å². The van der Waals surface area contributed by atoms with Gasteiger partial charge in [0.05, 0.1) is 6.54 Å². The largest absolute Gasteiger partial charge is 0.370 e. The van der Waals surface area contributed by atoms with Gasteiger partial charge in [-0.15, -0.1) is 0 Å². The molecule has 7 heteroatoms. The first kappa shape index (κ1) is 13.4. The number of nitrogens with one attached hydrogen (secondary N) is 1. The second kappa shape index (κ2) is 5.75. The van der Waals surface area contributed by atoms with E-state index in [2.05, 4.69) is 15.3 Å². The van der Waals surface area contributed by atoms with E-state index >= 15 is 0 Å². The molecule has 2 rings (SSSR count). The van der Waals surface area contributed by atoms with Gasteiger partial charge in [0, 0.05) is 18.3 Å². The Labute approximate surface area is 111 Å². The van der Waals surface area contributed by atoms with Crippen molar-refractivity contribution in [3.63, 3.8) is 0 Å². The van der Waals surface area contributed by atoms with Crippen LogP contribution in [-0.2, 0) is 20.9 Å². The van der Waals surface area contributed by atoms with Crippen LogP contribution in [0.1, 0.15) is 18.4 Å². The monoisotopic (exact) mass is 264 g/mol. The molecule has 0 spiro atoms. The van der Waals surface area contributed by atoms with E-state index in [1.807, 2.05) is 19.9 Å². The van der Waals surface area contributed by atoms with Gasteiger partial charge >= 0.3 is 0 Å². The molecule has 0 aliphatic carbocycles. The van der Waals surface area contributed by atoms with Gasteiger partial charge < -0.3 is 10.1 Å². The molecule has 2 amide bonds. The third-order valence-corrected chi connectivity index (χ3v) is 2.61. The third-order valence-electron chi connectivity index (χ3n) is 2.61. The molecule has 0 saturated carbocycles. The van der Waals surface area contributed by atoms with Gasteiger partial charge in [0.15, 0.2) is 5.82 Å². The summed E-state index contributed by atoms with van der Waals surface area (Å²) in [5.41, 5.74) is 0.786. The molecular weight excluding hydrogens is 248 g/mol. The highest BCUT2D eigenvalue weighted by Gasteiger charge is 2.27. The molecule has 0 radical (unpaired) electrons. The Morgan fingerprint density at radius 2 is 2.00 bits per heavy atom. The summed E-state index contributed by atoms with van der Waals surface area (Å²) in [5, 5.41) is 3.08. The van der Waals surface area contributed by atoms with Crippen LogP contribution in [0, 0.1) is 6.92 Å². The lowest BCUT2D eigenvalue weighted by atomic mass is 10.3. The van der Waals surface area contributed by atoms with Crippen molar-refractivity contribution in [2.75, 3.05) is 25.1 Å². The second-order valence-corrected chi connectivity index (χ2v) is 4.21. The van der Waals surface area contributed by atoms with E-state index in [0.717, 1.165) is 17.1 Å². The van der Waals surface area contributed by atoms with Crippen molar-refractivity contribution in [2.24, 2.45) is 0 Å². The van der Waals surface area contributed by atoms with Gasteiger partial charge in [0.25, 0.3) is 11.8 Å². The Morgan fingerprint density at radius 1 is 1.32 bits per heavy atom. The minimum Gasteiger partial charge on any atom is -0.370 e. The number of rotatable bonds is 4. The molecule has 0 bridgehead atoms. The SMILES string of the molecule is CCNc1cc(C)nc(CN2C(=O)COCC2=O)n1. The topological polar surface area (TPSA) is 84.4 Å². The Bertz CT molecular complexity index is 488. The van der Waals surface area contributed by atoms with Gasteiger partial charge in [-0.25, -0.2) is 9.97 Å². The van der Waals surface area contributed by atoms with Gasteiger partial charge in [-0.3, -0.25) is 14.5 Å². The quantitative estimate of drug-likeness (QED) is 0.777. The fourth-order valence-electron chi connectivity index (χ4n) is 1.81. The van der Waals surface area contributed by atoms with Crippen LogP contribution >= 0.6 is 0 Å². The van der Waals surface area contributed by atoms with E-state index in [-0.39, 0.29) is 31.6 Å². The highest BCUT2D eigenvalue weighted by Crippen LogP contribution is 2.10. The summed E-state index contributed by atoms with van der Waals surface area (Å²) < 4.78 is 4.85. The minimum absolute atomic E-state index is 0.0718. The number of aryl methyl sites for hydroxylation is 1. The number of aromatic nitrogens is 2. The van der Waals surface area contributed by atoms with E-state index in [1.165, 1.54) is 0 Å². The van der Waals surface area contributed by atoms with E-state index < -0.39 is 0 Å². The molecule has 0 atom stereocenters. The van der Waals surface area contributed by atoms with Crippen molar-refractivity contribution in [2.45, 2.75) is 20.4 Å². The predicted molar refractivity (Wildman–Crippen MR) is 67.3 cm³/mol. The van der Waals surface area contributed by atoms with Crippen molar-refractivity contribution in [1.29, 1.82) is 0 Å². The molecule has 2 heterocycles. The van der Waals surface area contributed by atoms with Crippen molar-refractivity contribution in [3.05, 3.63) is 17.6 Å². The van der Waals surface area contributed by atoms with Crippen molar-refractivity contribution >= 4 is 17.6 Å². The Morgan fingerprint density at radius 3 is 2.63 bits per heavy atom. The Kier molecular flexibility index (Phi) is 4.06. The average Bonchev–Trinajstić information content (AvgIpc) is 2.34. The lowest BCUT2D eigenvalue weighted by Gasteiger charge is -2.24. The second-order valence-electron chi connectivity index (χ2n) is 4.21. The Balaban J connectivity index is 2.17. The van der Waals surface area contributed by atoms with Gasteiger partial charge in [0.1, 0.15) is 19.0 Å². The number of carbonyl (C=O) groups is 2. The summed E-state index contributed by atoms with van der Waals surface area (Å²) in [6, 6.07) is 1.82. The maximum absolute atomic E-state index is 11.6. The molecule has 7 nitrogen and oxygen atoms in total. The molecule has 1 fully saturated rings. The number of nitrogens with zero attached hydrogens (tertiary/aromatic N) is 3. The van der Waals surface area contributed by atoms with E-state index in [0.29, 0.717) is 11.6 Å². The van der Waals surface area contributed by atoms with Crippen LogP contribution in [0.25, 0.3) is 0 Å². The number of morpholine rings is 1. The van der Waals surface area contributed by atoms with Crippen LogP contribution in [0.3, 0.4) is 0 Å². The number of carbonyl (C=O) groups excluding carboxylic acids is 2. The summed E-state index contributed by atoms with van der Waals surface area (Å²) in [4.78, 5) is 32.9. The summed E-state index contributed by atoms with van der Waals surface area (Å²) >= 11 is 0. The third kappa shape index (κ3) is 3.25. The lowest BCUT2D eigenvalue weighted by molar-refractivity contribution is -0.159. The maximum atomic E-state index is 11.6. The van der Waals surface area contributed by atoms with E-state index in [4.69, 9.17) is 4.74 Å². The zero-order valence-electron chi connectivity index (χ0n) is 11.0. The predicted octanol–water partition coefficient (Wildman–Crippen LogP) is 0.102. The number of imide groups is 1. The summed E-state index contributed by atoms with van der Waals surface area (Å²) in [5.74, 6) is 0.426. The fourth-order valence-corrected chi connectivity index (χ4v) is 1.81. The van der Waals surface area contributed by atoms with Crippen LogP contribution < -0.4 is 5.32 Å². The summed E-state index contributed by atoms with van der Waals surface area (Å²) in [6.45, 7) is 4.49. The molecule has 0 aromatic carbocycles. The number of anilines is 1. The molecule has 1 aromatic heterocycles. The van der Waals surface area contributed by atoms with Crippen molar-refractivity contribution in [3.8, 4) is 0 Å². The zero-order chi connectivity index (χ0) is 13.8. The average molecular weight is 264 g/mol. The summed E-state index contributed by atoms with van der Waals surface area (Å²) in [6.07, 6.45) is 0. The smallest absolute Gasteiger partial charge is 0.255 e. The first-order chi connectivity index (χ1) is 9.10. The number of amides is 2. The lowest BCUT2D eigenvalue weighted by Crippen LogP contribution is -2.45. The van der Waals surface area contributed by atoms with Gasteiger partial charge in [-0.1, -0.05) is 0 Å². The molecule has 0 unspecified atom stereocenters. The molecule has 1 saturated heterocycles. The van der Waals surface area contributed by atoms with E-state index in [9.17, 15) is 9.59 Å². The first-order valence-electron chi connectivity index (χ1n) is 6.09. The van der Waals surface area contributed by atoms with Crippen molar-refractivity contribution < 1.29 is 14.3 Å². The molecule has 1 N–H and O–H groups in total. The number of hydrogen-bond donors (Lipinski definition) is 1. The van der Waals surface area contributed by atoms with Gasteiger partial charge in [-0.05, 0) is 13.8 Å². The molecular formula is C12H16N4O3. The zero-order valence-corrected chi connectivity index (χ0v) is 11.0. The van der Waals surface area contributed by atoms with Gasteiger partial charge in [-0.2, -0.15) is 0 Å². The first-order valence-corrected chi connectivity index (χ1v) is 6.09. The fraction of sp³-hybridized carbons (Fsp3) is 0.500. The number of ether oxygens (including phenoxy) is 1. The normalized spacial score (nSPS) is 15.8. The molecule has 102 valence electrons. The van der Waals surface area contributed by atoms with Crippen LogP contribution in [-0.4, -0.2) is 46.4 Å².